The van der Waals surface area contributed by atoms with Gasteiger partial charge >= 0.3 is 5.97 Å². The molecule has 0 aliphatic rings. The molecular weight excluding hydrogens is 236 g/mol. The lowest BCUT2D eigenvalue weighted by atomic mass is 10.0. The first kappa shape index (κ1) is 16.2. The van der Waals surface area contributed by atoms with Gasteiger partial charge in [-0.3, -0.25) is 4.79 Å². The van der Waals surface area contributed by atoms with E-state index in [1.54, 1.807) is 0 Å². The van der Waals surface area contributed by atoms with Gasteiger partial charge in [0.15, 0.2) is 0 Å². The molecule has 0 aromatic carbocycles. The molecule has 0 unspecified atom stereocenters. The molecule has 0 aromatic heterocycles. The maximum Gasteiger partial charge on any atom is 0.305 e. The van der Waals surface area contributed by atoms with Crippen molar-refractivity contribution in [3.63, 3.8) is 0 Å². The first-order valence-electron chi connectivity index (χ1n) is 5.02. The molecule has 102 valence electrons. The third-order valence-electron chi connectivity index (χ3n) is 2.07. The molecule has 0 spiro atoms. The number of ether oxygens (including phenoxy) is 1. The summed E-state index contributed by atoms with van der Waals surface area (Å²) in [5, 5.41) is 53.7. The van der Waals surface area contributed by atoms with Crippen molar-refractivity contribution >= 4 is 5.97 Å². The van der Waals surface area contributed by atoms with Gasteiger partial charge in [0.05, 0.1) is 26.2 Å². The Morgan fingerprint density at radius 1 is 1.06 bits per heavy atom. The Morgan fingerprint density at radius 3 is 2.06 bits per heavy atom. The molecule has 0 aliphatic carbocycles. The van der Waals surface area contributed by atoms with Crippen molar-refractivity contribution in [3.05, 3.63) is 0 Å². The molecule has 8 nitrogen and oxygen atoms in total. The molecule has 0 saturated carbocycles. The molecule has 0 amide bonds. The number of carboxylic acids is 1. The molecule has 0 aliphatic heterocycles. The number of hydrogen-bond acceptors (Lipinski definition) is 7. The maximum atomic E-state index is 10.1. The molecule has 0 fully saturated rings. The van der Waals surface area contributed by atoms with Crippen LogP contribution in [0.5, 0.6) is 0 Å². The van der Waals surface area contributed by atoms with Crippen LogP contribution in [-0.4, -0.2) is 80.8 Å². The van der Waals surface area contributed by atoms with E-state index in [2.05, 4.69) is 0 Å². The predicted molar refractivity (Wildman–Crippen MR) is 54.2 cm³/mol. The highest BCUT2D eigenvalue weighted by molar-refractivity contribution is 5.66. The largest absolute Gasteiger partial charge is 0.481 e. The number of hydrogen-bond donors (Lipinski definition) is 6. The molecule has 0 heterocycles. The SMILES string of the molecule is O=C(O)CCOC[C@H](O)[C@@H](O)[C@H](O)[C@H](O)CO. The molecule has 6 N–H and O–H groups in total. The van der Waals surface area contributed by atoms with Crippen LogP contribution in [0.15, 0.2) is 0 Å². The summed E-state index contributed by atoms with van der Waals surface area (Å²) >= 11 is 0. The highest BCUT2D eigenvalue weighted by atomic mass is 16.5. The molecule has 4 atom stereocenters. The van der Waals surface area contributed by atoms with Gasteiger partial charge in [-0.25, -0.2) is 0 Å². The highest BCUT2D eigenvalue weighted by Gasteiger charge is 2.29. The Balaban J connectivity index is 3.88. The van der Waals surface area contributed by atoms with Gasteiger partial charge < -0.3 is 35.4 Å². The quantitative estimate of drug-likeness (QED) is 0.237. The summed E-state index contributed by atoms with van der Waals surface area (Å²) in [6, 6.07) is 0. The smallest absolute Gasteiger partial charge is 0.305 e. The zero-order valence-corrected chi connectivity index (χ0v) is 9.14. The Kier molecular flexibility index (Phi) is 7.96. The lowest BCUT2D eigenvalue weighted by Crippen LogP contribution is -2.47. The zero-order valence-electron chi connectivity index (χ0n) is 9.14. The third-order valence-corrected chi connectivity index (χ3v) is 2.07. The number of rotatable bonds is 9. The molecule has 8 heteroatoms. The Labute approximate surface area is 97.7 Å². The summed E-state index contributed by atoms with van der Waals surface area (Å²) in [4.78, 5) is 10.1. The number of carboxylic acid groups (broad SMARTS) is 1. The second kappa shape index (κ2) is 8.34. The van der Waals surface area contributed by atoms with E-state index in [0.29, 0.717) is 0 Å². The van der Waals surface area contributed by atoms with Crippen LogP contribution in [0.1, 0.15) is 6.42 Å². The number of carbonyl (C=O) groups is 1. The van der Waals surface area contributed by atoms with Gasteiger partial charge in [-0.15, -0.1) is 0 Å². The Bertz CT molecular complexity index is 221. The third kappa shape index (κ3) is 6.51. The van der Waals surface area contributed by atoms with E-state index in [9.17, 15) is 20.1 Å². The maximum absolute atomic E-state index is 10.1. The van der Waals surface area contributed by atoms with Gasteiger partial charge in [0.2, 0.25) is 0 Å². The van der Waals surface area contributed by atoms with Crippen LogP contribution in [0.25, 0.3) is 0 Å². The standard InChI is InChI=1S/C9H18O8/c10-3-5(11)8(15)9(16)6(12)4-17-2-1-7(13)14/h5-6,8-12,15-16H,1-4H2,(H,13,14)/t5-,6+,8-,9-/m1/s1. The van der Waals surface area contributed by atoms with Gasteiger partial charge in [0, 0.05) is 0 Å². The molecule has 0 saturated heterocycles. The van der Waals surface area contributed by atoms with E-state index in [4.69, 9.17) is 20.1 Å². The number of aliphatic carboxylic acids is 1. The van der Waals surface area contributed by atoms with Crippen molar-refractivity contribution < 1.29 is 40.2 Å². The van der Waals surface area contributed by atoms with E-state index in [-0.39, 0.29) is 19.6 Å². The van der Waals surface area contributed by atoms with E-state index >= 15 is 0 Å². The van der Waals surface area contributed by atoms with Crippen LogP contribution in [0.4, 0.5) is 0 Å². The zero-order chi connectivity index (χ0) is 13.4. The monoisotopic (exact) mass is 254 g/mol. The lowest BCUT2D eigenvalue weighted by Gasteiger charge is -2.25. The minimum atomic E-state index is -1.71. The minimum absolute atomic E-state index is 0.141. The summed E-state index contributed by atoms with van der Waals surface area (Å²) in [6.07, 6.45) is -6.70. The van der Waals surface area contributed by atoms with Crippen LogP contribution in [0.3, 0.4) is 0 Å². The Morgan fingerprint density at radius 2 is 1.59 bits per heavy atom. The van der Waals surface area contributed by atoms with E-state index < -0.39 is 37.0 Å². The van der Waals surface area contributed by atoms with Crippen molar-refractivity contribution in [3.8, 4) is 0 Å². The second-order valence-corrected chi connectivity index (χ2v) is 3.52. The fraction of sp³-hybridized carbons (Fsp3) is 0.889. The van der Waals surface area contributed by atoms with Gasteiger partial charge in [-0.05, 0) is 0 Å². The van der Waals surface area contributed by atoms with Gasteiger partial charge in [0.25, 0.3) is 0 Å². The second-order valence-electron chi connectivity index (χ2n) is 3.52. The minimum Gasteiger partial charge on any atom is -0.481 e. The summed E-state index contributed by atoms with van der Waals surface area (Å²) in [6.45, 7) is -1.29. The fourth-order valence-corrected chi connectivity index (χ4v) is 1.03. The lowest BCUT2D eigenvalue weighted by molar-refractivity contribution is -0.141. The number of aliphatic hydroxyl groups excluding tert-OH is 5. The fourth-order valence-electron chi connectivity index (χ4n) is 1.03. The number of aliphatic hydroxyl groups is 5. The van der Waals surface area contributed by atoms with E-state index in [1.807, 2.05) is 0 Å². The van der Waals surface area contributed by atoms with Crippen LogP contribution in [0, 0.1) is 0 Å². The topological polar surface area (TPSA) is 148 Å². The van der Waals surface area contributed by atoms with Crippen LogP contribution in [0.2, 0.25) is 0 Å². The van der Waals surface area contributed by atoms with Crippen molar-refractivity contribution in [2.24, 2.45) is 0 Å². The van der Waals surface area contributed by atoms with Gasteiger partial charge in [0.1, 0.15) is 24.4 Å². The van der Waals surface area contributed by atoms with Gasteiger partial charge in [-0.2, -0.15) is 0 Å². The molecule has 17 heavy (non-hydrogen) atoms. The van der Waals surface area contributed by atoms with Crippen LogP contribution < -0.4 is 0 Å². The molecule has 0 radical (unpaired) electrons. The highest BCUT2D eigenvalue weighted by Crippen LogP contribution is 2.05. The van der Waals surface area contributed by atoms with Crippen LogP contribution in [-0.2, 0) is 9.53 Å². The molecular formula is C9H18O8. The first-order valence-corrected chi connectivity index (χ1v) is 5.02. The summed E-state index contributed by atoms with van der Waals surface area (Å²) in [5.41, 5.74) is 0. The first-order chi connectivity index (χ1) is 7.90. The van der Waals surface area contributed by atoms with Crippen molar-refractivity contribution in [2.75, 3.05) is 19.8 Å². The normalized spacial score (nSPS) is 18.4. The molecule has 0 bridgehead atoms. The van der Waals surface area contributed by atoms with Crippen molar-refractivity contribution in [2.45, 2.75) is 30.8 Å². The predicted octanol–water partition coefficient (Wildman–Crippen LogP) is -3.09. The van der Waals surface area contributed by atoms with E-state index in [1.165, 1.54) is 0 Å². The summed E-state index contributed by atoms with van der Waals surface area (Å²) in [5.74, 6) is -1.06. The van der Waals surface area contributed by atoms with E-state index in [0.717, 1.165) is 0 Å². The molecule has 0 aromatic rings. The average molecular weight is 254 g/mol. The van der Waals surface area contributed by atoms with Crippen LogP contribution >= 0.6 is 0 Å². The van der Waals surface area contributed by atoms with Crippen molar-refractivity contribution in [1.82, 2.24) is 0 Å². The Hall–Kier alpha value is -0.770. The molecule has 0 rings (SSSR count). The summed E-state index contributed by atoms with van der Waals surface area (Å²) < 4.78 is 4.74. The van der Waals surface area contributed by atoms with Gasteiger partial charge in [-0.1, -0.05) is 0 Å². The van der Waals surface area contributed by atoms with Crippen molar-refractivity contribution in [1.29, 1.82) is 0 Å². The average Bonchev–Trinajstić information content (AvgIpc) is 2.31. The summed E-state index contributed by atoms with van der Waals surface area (Å²) in [7, 11) is 0.